The third-order valence-corrected chi connectivity index (χ3v) is 3.89. The number of methoxy groups -OCH3 is 1. The average molecular weight is 306 g/mol. The number of ether oxygens (including phenoxy) is 1. The minimum Gasteiger partial charge on any atom is -0.497 e. The molecular weight excluding hydrogens is 276 g/mol. The van der Waals surface area contributed by atoms with E-state index < -0.39 is 0 Å². The van der Waals surface area contributed by atoms with Gasteiger partial charge in [-0.2, -0.15) is 0 Å². The standard InChI is InChI=1S/C16H24N2O2.C2H6/c1-14(19)18-11-9-17(10-12-18)8-4-6-15-5-3-7-16(13-15)20-2;1-2/h3,5,7,13H,4,6,8-12H2,1-2H3;1-2H3. The van der Waals surface area contributed by atoms with Crippen molar-refractivity contribution in [1.29, 1.82) is 0 Å². The van der Waals surface area contributed by atoms with Crippen LogP contribution in [0.15, 0.2) is 24.3 Å². The van der Waals surface area contributed by atoms with Crippen LogP contribution in [-0.4, -0.2) is 55.5 Å². The fraction of sp³-hybridized carbons (Fsp3) is 0.611. The van der Waals surface area contributed by atoms with Gasteiger partial charge in [0.25, 0.3) is 0 Å². The number of rotatable bonds is 5. The molecule has 1 saturated heterocycles. The van der Waals surface area contributed by atoms with Crippen molar-refractivity contribution >= 4 is 5.91 Å². The lowest BCUT2D eigenvalue weighted by atomic mass is 10.1. The molecule has 4 heteroatoms. The van der Waals surface area contributed by atoms with Gasteiger partial charge in [0.15, 0.2) is 0 Å². The summed E-state index contributed by atoms with van der Waals surface area (Å²) in [5.74, 6) is 1.12. The Bertz CT molecular complexity index is 440. The molecule has 0 aliphatic carbocycles. The lowest BCUT2D eigenvalue weighted by molar-refractivity contribution is -0.130. The summed E-state index contributed by atoms with van der Waals surface area (Å²) in [5, 5.41) is 0. The molecule has 1 amide bonds. The molecule has 0 unspecified atom stereocenters. The second-order valence-electron chi connectivity index (χ2n) is 5.30. The van der Waals surface area contributed by atoms with Crippen LogP contribution in [-0.2, 0) is 11.2 Å². The van der Waals surface area contributed by atoms with Gasteiger partial charge in [0.05, 0.1) is 7.11 Å². The van der Waals surface area contributed by atoms with E-state index in [0.29, 0.717) is 0 Å². The Morgan fingerprint density at radius 1 is 1.18 bits per heavy atom. The maximum atomic E-state index is 11.3. The molecule has 124 valence electrons. The van der Waals surface area contributed by atoms with E-state index >= 15 is 0 Å². The first kappa shape index (κ1) is 18.5. The molecular formula is C18H30N2O2. The molecule has 1 aliphatic rings. The number of amides is 1. The number of carbonyl (C=O) groups is 1. The summed E-state index contributed by atoms with van der Waals surface area (Å²) < 4.78 is 5.24. The second-order valence-corrected chi connectivity index (χ2v) is 5.30. The van der Waals surface area contributed by atoms with Gasteiger partial charge in [0, 0.05) is 33.1 Å². The van der Waals surface area contributed by atoms with E-state index in [9.17, 15) is 4.79 Å². The van der Waals surface area contributed by atoms with Crippen LogP contribution in [0.2, 0.25) is 0 Å². The number of nitrogens with zero attached hydrogens (tertiary/aromatic N) is 2. The van der Waals surface area contributed by atoms with E-state index in [1.165, 1.54) is 5.56 Å². The summed E-state index contributed by atoms with van der Waals surface area (Å²) in [6, 6.07) is 8.27. The van der Waals surface area contributed by atoms with Crippen LogP contribution in [0.25, 0.3) is 0 Å². The van der Waals surface area contributed by atoms with Gasteiger partial charge in [-0.3, -0.25) is 9.69 Å². The number of hydrogen-bond acceptors (Lipinski definition) is 3. The van der Waals surface area contributed by atoms with Gasteiger partial charge in [-0.1, -0.05) is 26.0 Å². The smallest absolute Gasteiger partial charge is 0.219 e. The maximum absolute atomic E-state index is 11.3. The molecule has 0 radical (unpaired) electrons. The van der Waals surface area contributed by atoms with Crippen molar-refractivity contribution in [3.63, 3.8) is 0 Å². The Balaban J connectivity index is 0.00000116. The van der Waals surface area contributed by atoms with Crippen LogP contribution in [0.5, 0.6) is 5.75 Å². The monoisotopic (exact) mass is 306 g/mol. The zero-order valence-electron chi connectivity index (χ0n) is 14.5. The molecule has 22 heavy (non-hydrogen) atoms. The zero-order valence-corrected chi connectivity index (χ0v) is 14.5. The fourth-order valence-corrected chi connectivity index (χ4v) is 2.62. The summed E-state index contributed by atoms with van der Waals surface area (Å²) in [5.41, 5.74) is 1.33. The Labute approximate surface area is 135 Å². The lowest BCUT2D eigenvalue weighted by Crippen LogP contribution is -2.48. The summed E-state index contributed by atoms with van der Waals surface area (Å²) in [6.45, 7) is 10.5. The van der Waals surface area contributed by atoms with Gasteiger partial charge < -0.3 is 9.64 Å². The molecule has 2 rings (SSSR count). The van der Waals surface area contributed by atoms with Gasteiger partial charge in [0.1, 0.15) is 5.75 Å². The molecule has 4 nitrogen and oxygen atoms in total. The van der Waals surface area contributed by atoms with Gasteiger partial charge in [-0.05, 0) is 37.1 Å². The Morgan fingerprint density at radius 2 is 1.86 bits per heavy atom. The summed E-state index contributed by atoms with van der Waals surface area (Å²) >= 11 is 0. The quantitative estimate of drug-likeness (QED) is 0.838. The first-order valence-corrected chi connectivity index (χ1v) is 8.30. The summed E-state index contributed by atoms with van der Waals surface area (Å²) in [6.07, 6.45) is 2.22. The van der Waals surface area contributed by atoms with Crippen LogP contribution in [0.3, 0.4) is 0 Å². The van der Waals surface area contributed by atoms with Gasteiger partial charge in [-0.25, -0.2) is 0 Å². The van der Waals surface area contributed by atoms with Crippen molar-refractivity contribution in [2.24, 2.45) is 0 Å². The third-order valence-electron chi connectivity index (χ3n) is 3.89. The molecule has 0 aromatic heterocycles. The predicted octanol–water partition coefficient (Wildman–Crippen LogP) is 2.82. The van der Waals surface area contributed by atoms with Crippen molar-refractivity contribution in [1.82, 2.24) is 9.80 Å². The minimum atomic E-state index is 0.195. The fourth-order valence-electron chi connectivity index (χ4n) is 2.62. The van der Waals surface area contributed by atoms with Crippen LogP contribution in [0.4, 0.5) is 0 Å². The van der Waals surface area contributed by atoms with Gasteiger partial charge in [-0.15, -0.1) is 0 Å². The largest absolute Gasteiger partial charge is 0.497 e. The van der Waals surface area contributed by atoms with Crippen LogP contribution in [0.1, 0.15) is 32.8 Å². The molecule has 0 atom stereocenters. The highest BCUT2D eigenvalue weighted by atomic mass is 16.5. The Morgan fingerprint density at radius 3 is 2.45 bits per heavy atom. The highest BCUT2D eigenvalue weighted by Gasteiger charge is 2.17. The molecule has 0 saturated carbocycles. The number of carbonyl (C=O) groups excluding carboxylic acids is 1. The van der Waals surface area contributed by atoms with E-state index in [4.69, 9.17) is 4.74 Å². The van der Waals surface area contributed by atoms with Crippen LogP contribution < -0.4 is 4.74 Å². The van der Waals surface area contributed by atoms with Crippen molar-refractivity contribution < 1.29 is 9.53 Å². The van der Waals surface area contributed by atoms with Gasteiger partial charge in [0.2, 0.25) is 5.91 Å². The van der Waals surface area contributed by atoms with Crippen LogP contribution in [0, 0.1) is 0 Å². The van der Waals surface area contributed by atoms with Crippen LogP contribution >= 0.6 is 0 Å². The predicted molar refractivity (Wildman–Crippen MR) is 91.4 cm³/mol. The molecule has 1 heterocycles. The average Bonchev–Trinajstić information content (AvgIpc) is 2.57. The van der Waals surface area contributed by atoms with E-state index in [0.717, 1.165) is 51.3 Å². The highest BCUT2D eigenvalue weighted by Crippen LogP contribution is 2.14. The lowest BCUT2D eigenvalue weighted by Gasteiger charge is -2.34. The zero-order chi connectivity index (χ0) is 16.4. The summed E-state index contributed by atoms with van der Waals surface area (Å²) in [7, 11) is 1.70. The first-order chi connectivity index (χ1) is 10.7. The number of aryl methyl sites for hydroxylation is 1. The molecule has 0 bridgehead atoms. The molecule has 0 spiro atoms. The Hall–Kier alpha value is -1.55. The van der Waals surface area contributed by atoms with E-state index in [2.05, 4.69) is 17.0 Å². The normalized spacial score (nSPS) is 15.0. The Kier molecular flexibility index (Phi) is 8.60. The summed E-state index contributed by atoms with van der Waals surface area (Å²) in [4.78, 5) is 15.6. The van der Waals surface area contributed by atoms with Crippen molar-refractivity contribution in [2.45, 2.75) is 33.6 Å². The van der Waals surface area contributed by atoms with E-state index in [1.807, 2.05) is 30.9 Å². The second kappa shape index (κ2) is 10.2. The number of piperazine rings is 1. The third kappa shape index (κ3) is 6.06. The molecule has 1 aliphatic heterocycles. The highest BCUT2D eigenvalue weighted by molar-refractivity contribution is 5.73. The molecule has 1 aromatic carbocycles. The van der Waals surface area contributed by atoms with Gasteiger partial charge >= 0.3 is 0 Å². The molecule has 1 fully saturated rings. The van der Waals surface area contributed by atoms with Crippen molar-refractivity contribution in [3.05, 3.63) is 29.8 Å². The molecule has 1 aromatic rings. The minimum absolute atomic E-state index is 0.195. The van der Waals surface area contributed by atoms with E-state index in [-0.39, 0.29) is 5.91 Å². The number of hydrogen-bond donors (Lipinski definition) is 0. The number of benzene rings is 1. The topological polar surface area (TPSA) is 32.8 Å². The van der Waals surface area contributed by atoms with Crippen molar-refractivity contribution in [2.75, 3.05) is 39.8 Å². The first-order valence-electron chi connectivity index (χ1n) is 8.30. The SMILES string of the molecule is CC.COc1cccc(CCCN2CCN(C(C)=O)CC2)c1. The molecule has 0 N–H and O–H groups in total. The van der Waals surface area contributed by atoms with E-state index in [1.54, 1.807) is 14.0 Å². The van der Waals surface area contributed by atoms with Crippen molar-refractivity contribution in [3.8, 4) is 5.75 Å². The maximum Gasteiger partial charge on any atom is 0.219 e.